The number of nitrogens with one attached hydrogen (secondary N) is 1. The van der Waals surface area contributed by atoms with E-state index in [1.165, 1.54) is 11.8 Å². The molecule has 2 heterocycles. The van der Waals surface area contributed by atoms with Crippen molar-refractivity contribution in [1.29, 1.82) is 0 Å². The van der Waals surface area contributed by atoms with Gasteiger partial charge in [-0.3, -0.25) is 10.2 Å². The van der Waals surface area contributed by atoms with Crippen molar-refractivity contribution in [1.82, 2.24) is 14.9 Å². The van der Waals surface area contributed by atoms with Crippen LogP contribution in [0.1, 0.15) is 0 Å². The average Bonchev–Trinajstić information content (AvgIpc) is 2.81. The number of hydrogen-bond donors (Lipinski definition) is 1. The standard InChI is InChI=1S/C12H13N5OS/c1-16(2)9-5-3-8(4-6-9)11-13-14-12-17(11)15-10(18)7-19-12/h3-6H,7H2,1-2H3,(H,15,18). The molecule has 0 saturated heterocycles. The van der Waals surface area contributed by atoms with Gasteiger partial charge in [0.2, 0.25) is 11.1 Å². The van der Waals surface area contributed by atoms with Crippen LogP contribution in [-0.2, 0) is 4.79 Å². The number of hydrogen-bond acceptors (Lipinski definition) is 5. The van der Waals surface area contributed by atoms with Crippen LogP contribution in [0.25, 0.3) is 11.4 Å². The highest BCUT2D eigenvalue weighted by Gasteiger charge is 2.21. The summed E-state index contributed by atoms with van der Waals surface area (Å²) in [7, 11) is 3.98. The molecule has 0 radical (unpaired) electrons. The van der Waals surface area contributed by atoms with Gasteiger partial charge in [0, 0.05) is 25.3 Å². The third kappa shape index (κ3) is 2.17. The molecule has 0 saturated carbocycles. The van der Waals surface area contributed by atoms with Crippen molar-refractivity contribution in [3.05, 3.63) is 24.3 Å². The van der Waals surface area contributed by atoms with Gasteiger partial charge < -0.3 is 4.90 Å². The number of rotatable bonds is 2. The highest BCUT2D eigenvalue weighted by Crippen LogP contribution is 2.26. The van der Waals surface area contributed by atoms with E-state index in [2.05, 4.69) is 15.6 Å². The summed E-state index contributed by atoms with van der Waals surface area (Å²) >= 11 is 1.39. The lowest BCUT2D eigenvalue weighted by Gasteiger charge is -2.16. The van der Waals surface area contributed by atoms with E-state index in [1.54, 1.807) is 4.68 Å². The lowest BCUT2D eigenvalue weighted by molar-refractivity contribution is -0.114. The molecule has 7 heteroatoms. The van der Waals surface area contributed by atoms with E-state index in [4.69, 9.17) is 0 Å². The Bertz CT molecular complexity index is 620. The van der Waals surface area contributed by atoms with E-state index in [1.807, 2.05) is 43.3 Å². The zero-order valence-electron chi connectivity index (χ0n) is 10.6. The first kappa shape index (κ1) is 12.0. The fourth-order valence-corrected chi connectivity index (χ4v) is 2.53. The smallest absolute Gasteiger partial charge is 0.249 e. The minimum atomic E-state index is -0.0385. The lowest BCUT2D eigenvalue weighted by atomic mass is 10.2. The normalized spacial score (nSPS) is 13.9. The Morgan fingerprint density at radius 1 is 1.26 bits per heavy atom. The zero-order chi connectivity index (χ0) is 13.4. The van der Waals surface area contributed by atoms with Crippen LogP contribution >= 0.6 is 11.8 Å². The van der Waals surface area contributed by atoms with E-state index in [-0.39, 0.29) is 5.91 Å². The van der Waals surface area contributed by atoms with Crippen molar-refractivity contribution >= 4 is 23.4 Å². The van der Waals surface area contributed by atoms with Crippen LogP contribution in [-0.4, -0.2) is 40.6 Å². The number of thioether (sulfide) groups is 1. The molecule has 0 atom stereocenters. The molecule has 1 N–H and O–H groups in total. The van der Waals surface area contributed by atoms with Crippen molar-refractivity contribution in [2.24, 2.45) is 0 Å². The molecule has 0 spiro atoms. The predicted octanol–water partition coefficient (Wildman–Crippen LogP) is 1.19. The monoisotopic (exact) mass is 275 g/mol. The number of amides is 1. The summed E-state index contributed by atoms with van der Waals surface area (Å²) < 4.78 is 1.64. The maximum absolute atomic E-state index is 11.4. The van der Waals surface area contributed by atoms with E-state index in [9.17, 15) is 4.79 Å². The first-order chi connectivity index (χ1) is 9.15. The van der Waals surface area contributed by atoms with Gasteiger partial charge in [-0.1, -0.05) is 11.8 Å². The maximum Gasteiger partial charge on any atom is 0.249 e. The van der Waals surface area contributed by atoms with Crippen molar-refractivity contribution in [3.8, 4) is 11.4 Å². The molecule has 0 unspecified atom stereocenters. The molecule has 0 bridgehead atoms. The number of carbonyl (C=O) groups excluding carboxylic acids is 1. The van der Waals surface area contributed by atoms with Gasteiger partial charge in [-0.05, 0) is 24.3 Å². The van der Waals surface area contributed by atoms with Gasteiger partial charge in [0.05, 0.1) is 5.75 Å². The summed E-state index contributed by atoms with van der Waals surface area (Å²) in [6.07, 6.45) is 0. The molecular formula is C12H13N5OS. The summed E-state index contributed by atoms with van der Waals surface area (Å²) in [5.41, 5.74) is 4.80. The Labute approximate surface area is 114 Å². The topological polar surface area (TPSA) is 63.1 Å². The van der Waals surface area contributed by atoms with Crippen molar-refractivity contribution in [3.63, 3.8) is 0 Å². The van der Waals surface area contributed by atoms with Gasteiger partial charge in [-0.2, -0.15) is 0 Å². The minimum Gasteiger partial charge on any atom is -0.378 e. The summed E-state index contributed by atoms with van der Waals surface area (Å²) in [6.45, 7) is 0. The van der Waals surface area contributed by atoms with Crippen LogP contribution in [0.4, 0.5) is 5.69 Å². The quantitative estimate of drug-likeness (QED) is 0.892. The highest BCUT2D eigenvalue weighted by molar-refractivity contribution is 7.99. The average molecular weight is 275 g/mol. The van der Waals surface area contributed by atoms with Gasteiger partial charge in [0.15, 0.2) is 5.82 Å². The number of carbonyl (C=O) groups is 1. The molecule has 3 rings (SSSR count). The molecule has 1 aliphatic heterocycles. The molecule has 0 fully saturated rings. The van der Waals surface area contributed by atoms with Crippen LogP contribution in [0, 0.1) is 0 Å². The van der Waals surface area contributed by atoms with Gasteiger partial charge in [0.1, 0.15) is 0 Å². The molecule has 98 valence electrons. The van der Waals surface area contributed by atoms with Gasteiger partial charge in [0.25, 0.3) is 0 Å². The number of benzene rings is 1. The van der Waals surface area contributed by atoms with E-state index < -0.39 is 0 Å². The zero-order valence-corrected chi connectivity index (χ0v) is 11.4. The Balaban J connectivity index is 1.98. The van der Waals surface area contributed by atoms with Crippen molar-refractivity contribution < 1.29 is 4.79 Å². The molecular weight excluding hydrogens is 262 g/mol. The Morgan fingerprint density at radius 3 is 2.68 bits per heavy atom. The fourth-order valence-electron chi connectivity index (χ4n) is 1.85. The second-order valence-electron chi connectivity index (χ2n) is 4.41. The van der Waals surface area contributed by atoms with Gasteiger partial charge in [-0.25, -0.2) is 4.68 Å². The number of anilines is 1. The van der Waals surface area contributed by atoms with E-state index in [0.717, 1.165) is 11.3 Å². The second-order valence-corrected chi connectivity index (χ2v) is 5.35. The molecule has 6 nitrogen and oxygen atoms in total. The molecule has 1 aliphatic rings. The van der Waals surface area contributed by atoms with Crippen LogP contribution in [0.2, 0.25) is 0 Å². The highest BCUT2D eigenvalue weighted by atomic mass is 32.2. The fraction of sp³-hybridized carbons (Fsp3) is 0.250. The molecule has 1 aromatic carbocycles. The SMILES string of the molecule is CN(C)c1ccc(-c2nnc3n2NC(=O)CS3)cc1. The Kier molecular flexibility index (Phi) is 2.90. The van der Waals surface area contributed by atoms with Gasteiger partial charge in [-0.15, -0.1) is 10.2 Å². The van der Waals surface area contributed by atoms with Crippen LogP contribution < -0.4 is 10.3 Å². The van der Waals surface area contributed by atoms with Crippen molar-refractivity contribution in [2.75, 3.05) is 30.2 Å². The third-order valence-corrected chi connectivity index (χ3v) is 3.77. The van der Waals surface area contributed by atoms with Crippen LogP contribution in [0.5, 0.6) is 0 Å². The van der Waals surface area contributed by atoms with Crippen LogP contribution in [0.15, 0.2) is 29.4 Å². The van der Waals surface area contributed by atoms with E-state index >= 15 is 0 Å². The van der Waals surface area contributed by atoms with Gasteiger partial charge >= 0.3 is 0 Å². The minimum absolute atomic E-state index is 0.0385. The number of fused-ring (bicyclic) bond motifs is 1. The number of aromatic nitrogens is 3. The summed E-state index contributed by atoms with van der Waals surface area (Å²) in [5, 5.41) is 8.93. The van der Waals surface area contributed by atoms with E-state index in [0.29, 0.717) is 16.7 Å². The number of nitrogens with zero attached hydrogens (tertiary/aromatic N) is 4. The lowest BCUT2D eigenvalue weighted by Crippen LogP contribution is -2.29. The third-order valence-electron chi connectivity index (χ3n) is 2.84. The molecule has 19 heavy (non-hydrogen) atoms. The molecule has 1 amide bonds. The van der Waals surface area contributed by atoms with Crippen LogP contribution in [0.3, 0.4) is 0 Å². The maximum atomic E-state index is 11.4. The first-order valence-corrected chi connectivity index (χ1v) is 6.79. The Morgan fingerprint density at radius 2 is 2.00 bits per heavy atom. The summed E-state index contributed by atoms with van der Waals surface area (Å²) in [4.78, 5) is 13.5. The summed E-state index contributed by atoms with van der Waals surface area (Å²) in [6, 6.07) is 7.96. The Hall–Kier alpha value is -2.02. The first-order valence-electron chi connectivity index (χ1n) is 5.81. The predicted molar refractivity (Wildman–Crippen MR) is 74.9 cm³/mol. The largest absolute Gasteiger partial charge is 0.378 e. The molecule has 2 aromatic rings. The molecule has 1 aromatic heterocycles. The second kappa shape index (κ2) is 4.58. The summed E-state index contributed by atoms with van der Waals surface area (Å²) in [5.74, 6) is 1.00. The van der Waals surface area contributed by atoms with Crippen molar-refractivity contribution in [2.45, 2.75) is 5.16 Å². The molecule has 0 aliphatic carbocycles.